The van der Waals surface area contributed by atoms with Crippen molar-refractivity contribution >= 4 is 11.8 Å². The number of aromatic nitrogens is 3. The maximum Gasteiger partial charge on any atom is 0.335 e. The topological polar surface area (TPSA) is 88.0 Å². The van der Waals surface area contributed by atoms with Gasteiger partial charge in [-0.15, -0.1) is 10.2 Å². The van der Waals surface area contributed by atoms with Gasteiger partial charge < -0.3 is 10.4 Å². The van der Waals surface area contributed by atoms with Crippen LogP contribution in [0, 0.1) is 0 Å². The van der Waals surface area contributed by atoms with Gasteiger partial charge in [0.15, 0.2) is 0 Å². The second-order valence-corrected chi connectivity index (χ2v) is 6.03. The number of carbonyl (C=O) groups is 1. The van der Waals surface area contributed by atoms with E-state index in [2.05, 4.69) is 20.5 Å². The van der Waals surface area contributed by atoms with Crippen molar-refractivity contribution in [3.05, 3.63) is 72.1 Å². The van der Waals surface area contributed by atoms with Crippen molar-refractivity contribution < 1.29 is 14.3 Å². The van der Waals surface area contributed by atoms with Crippen LogP contribution in [0.5, 0.6) is 0 Å². The van der Waals surface area contributed by atoms with Crippen LogP contribution in [0.15, 0.2) is 60.8 Å². The SMILES string of the molecule is O=C(O)c1cccc(-c2ccc(NCC[C@H](F)Cc3ccccn3)nn2)c1. The molecular formula is C20H19FN4O2. The molecule has 0 spiro atoms. The molecule has 0 unspecified atom stereocenters. The minimum absolute atomic E-state index is 0.193. The van der Waals surface area contributed by atoms with Crippen molar-refractivity contribution in [2.24, 2.45) is 0 Å². The molecule has 0 fully saturated rings. The van der Waals surface area contributed by atoms with E-state index in [4.69, 9.17) is 5.11 Å². The van der Waals surface area contributed by atoms with Crippen molar-refractivity contribution in [1.29, 1.82) is 0 Å². The Morgan fingerprint density at radius 1 is 1.11 bits per heavy atom. The van der Waals surface area contributed by atoms with Crippen molar-refractivity contribution in [2.45, 2.75) is 19.0 Å². The van der Waals surface area contributed by atoms with E-state index in [0.29, 0.717) is 30.0 Å². The number of halogens is 1. The van der Waals surface area contributed by atoms with E-state index < -0.39 is 12.1 Å². The Bertz CT molecular complexity index is 888. The number of anilines is 1. The van der Waals surface area contributed by atoms with E-state index in [1.54, 1.807) is 42.6 Å². The first-order valence-corrected chi connectivity index (χ1v) is 8.57. The Kier molecular flexibility index (Phi) is 6.04. The zero-order chi connectivity index (χ0) is 19.1. The molecule has 3 aromatic rings. The summed E-state index contributed by atoms with van der Waals surface area (Å²) in [5.41, 5.74) is 2.17. The van der Waals surface area contributed by atoms with Crippen molar-refractivity contribution in [3.8, 4) is 11.3 Å². The molecule has 1 atom stereocenters. The highest BCUT2D eigenvalue weighted by Gasteiger charge is 2.09. The summed E-state index contributed by atoms with van der Waals surface area (Å²) in [7, 11) is 0. The number of hydrogen-bond acceptors (Lipinski definition) is 5. The highest BCUT2D eigenvalue weighted by atomic mass is 19.1. The highest BCUT2D eigenvalue weighted by Crippen LogP contribution is 2.18. The van der Waals surface area contributed by atoms with Crippen LogP contribution in [0.2, 0.25) is 0 Å². The zero-order valence-electron chi connectivity index (χ0n) is 14.5. The molecule has 0 saturated carbocycles. The molecule has 0 saturated heterocycles. The predicted octanol–water partition coefficient (Wildman–Crippen LogP) is 3.62. The number of benzene rings is 1. The average molecular weight is 366 g/mol. The number of rotatable bonds is 8. The molecule has 1 aromatic carbocycles. The van der Waals surface area contributed by atoms with Crippen LogP contribution < -0.4 is 5.32 Å². The third-order valence-corrected chi connectivity index (χ3v) is 3.99. The van der Waals surface area contributed by atoms with E-state index in [9.17, 15) is 9.18 Å². The van der Waals surface area contributed by atoms with E-state index in [-0.39, 0.29) is 12.0 Å². The third-order valence-electron chi connectivity index (χ3n) is 3.99. The fourth-order valence-corrected chi connectivity index (χ4v) is 2.60. The second-order valence-electron chi connectivity index (χ2n) is 6.03. The lowest BCUT2D eigenvalue weighted by atomic mass is 10.1. The van der Waals surface area contributed by atoms with Gasteiger partial charge in [0.05, 0.1) is 11.3 Å². The maximum absolute atomic E-state index is 14.0. The number of carboxylic acids is 1. The van der Waals surface area contributed by atoms with Crippen LogP contribution in [-0.2, 0) is 6.42 Å². The molecule has 6 nitrogen and oxygen atoms in total. The molecule has 0 bridgehead atoms. The summed E-state index contributed by atoms with van der Waals surface area (Å²) in [5, 5.41) is 20.3. The average Bonchev–Trinajstić information content (AvgIpc) is 2.69. The molecule has 0 amide bonds. The van der Waals surface area contributed by atoms with Crippen LogP contribution in [-0.4, -0.2) is 39.0 Å². The number of nitrogens with one attached hydrogen (secondary N) is 1. The lowest BCUT2D eigenvalue weighted by molar-refractivity contribution is 0.0697. The van der Waals surface area contributed by atoms with E-state index >= 15 is 0 Å². The second kappa shape index (κ2) is 8.84. The summed E-state index contributed by atoms with van der Waals surface area (Å²) >= 11 is 0. The number of carboxylic acid groups (broad SMARTS) is 1. The molecule has 7 heteroatoms. The molecule has 138 valence electrons. The van der Waals surface area contributed by atoms with Crippen molar-refractivity contribution in [2.75, 3.05) is 11.9 Å². The van der Waals surface area contributed by atoms with Gasteiger partial charge in [-0.3, -0.25) is 4.98 Å². The minimum atomic E-state index is -0.991. The standard InChI is InChI=1S/C20H19FN4O2/c21-16(13-17-6-1-2-10-22-17)9-11-23-19-8-7-18(24-25-19)14-4-3-5-15(12-14)20(26)27/h1-8,10,12,16H,9,11,13H2,(H,23,25)(H,26,27)/t16-/m0/s1. The van der Waals surface area contributed by atoms with Gasteiger partial charge >= 0.3 is 5.97 Å². The van der Waals surface area contributed by atoms with Gasteiger partial charge in [0.1, 0.15) is 12.0 Å². The van der Waals surface area contributed by atoms with Crippen LogP contribution in [0.1, 0.15) is 22.5 Å². The Balaban J connectivity index is 1.52. The molecule has 2 aromatic heterocycles. The number of nitrogens with zero attached hydrogens (tertiary/aromatic N) is 3. The smallest absolute Gasteiger partial charge is 0.335 e. The number of hydrogen-bond donors (Lipinski definition) is 2. The lowest BCUT2D eigenvalue weighted by Crippen LogP contribution is -2.13. The van der Waals surface area contributed by atoms with Gasteiger partial charge in [-0.2, -0.15) is 0 Å². The van der Waals surface area contributed by atoms with Gasteiger partial charge in [-0.25, -0.2) is 9.18 Å². The predicted molar refractivity (Wildman–Crippen MR) is 100 cm³/mol. The maximum atomic E-state index is 14.0. The zero-order valence-corrected chi connectivity index (χ0v) is 14.5. The fourth-order valence-electron chi connectivity index (χ4n) is 2.60. The van der Waals surface area contributed by atoms with Gasteiger partial charge in [0, 0.05) is 30.4 Å². The first-order chi connectivity index (χ1) is 13.1. The molecular weight excluding hydrogens is 347 g/mol. The van der Waals surface area contributed by atoms with Crippen LogP contribution in [0.3, 0.4) is 0 Å². The summed E-state index contributed by atoms with van der Waals surface area (Å²) < 4.78 is 14.0. The van der Waals surface area contributed by atoms with Crippen LogP contribution in [0.25, 0.3) is 11.3 Å². The first kappa shape index (κ1) is 18.4. The van der Waals surface area contributed by atoms with Gasteiger partial charge in [0.2, 0.25) is 0 Å². The molecule has 0 aliphatic rings. The van der Waals surface area contributed by atoms with E-state index in [0.717, 1.165) is 5.69 Å². The Morgan fingerprint density at radius 2 is 2.00 bits per heavy atom. The number of pyridine rings is 1. The Hall–Kier alpha value is -3.35. The Morgan fingerprint density at radius 3 is 2.70 bits per heavy atom. The summed E-state index contributed by atoms with van der Waals surface area (Å²) in [4.78, 5) is 15.2. The van der Waals surface area contributed by atoms with E-state index in [1.165, 1.54) is 6.07 Å². The number of aromatic carboxylic acids is 1. The molecule has 0 radical (unpaired) electrons. The third kappa shape index (κ3) is 5.31. The summed E-state index contributed by atoms with van der Waals surface area (Å²) in [6.45, 7) is 0.427. The van der Waals surface area contributed by atoms with Gasteiger partial charge in [-0.1, -0.05) is 18.2 Å². The molecule has 2 N–H and O–H groups in total. The molecule has 2 heterocycles. The molecule has 3 rings (SSSR count). The van der Waals surface area contributed by atoms with Crippen molar-refractivity contribution in [1.82, 2.24) is 15.2 Å². The normalized spacial score (nSPS) is 11.7. The largest absolute Gasteiger partial charge is 0.478 e. The van der Waals surface area contributed by atoms with E-state index in [1.807, 2.05) is 12.1 Å². The summed E-state index contributed by atoms with van der Waals surface area (Å²) in [6, 6.07) is 15.4. The monoisotopic (exact) mass is 366 g/mol. The number of alkyl halides is 1. The van der Waals surface area contributed by atoms with Gasteiger partial charge in [-0.05, 0) is 42.8 Å². The van der Waals surface area contributed by atoms with Crippen molar-refractivity contribution in [3.63, 3.8) is 0 Å². The molecule has 0 aliphatic heterocycles. The summed E-state index contributed by atoms with van der Waals surface area (Å²) in [5.74, 6) is -0.451. The fraction of sp³-hybridized carbons (Fsp3) is 0.200. The molecule has 0 aliphatic carbocycles. The van der Waals surface area contributed by atoms with Crippen LogP contribution in [0.4, 0.5) is 10.2 Å². The lowest BCUT2D eigenvalue weighted by Gasteiger charge is -2.09. The first-order valence-electron chi connectivity index (χ1n) is 8.57. The Labute approximate surface area is 156 Å². The quantitative estimate of drug-likeness (QED) is 0.633. The summed E-state index contributed by atoms with van der Waals surface area (Å²) in [6.07, 6.45) is 1.29. The highest BCUT2D eigenvalue weighted by molar-refractivity contribution is 5.89. The molecule has 27 heavy (non-hydrogen) atoms. The van der Waals surface area contributed by atoms with Gasteiger partial charge in [0.25, 0.3) is 0 Å². The van der Waals surface area contributed by atoms with Crippen LogP contribution >= 0.6 is 0 Å². The minimum Gasteiger partial charge on any atom is -0.478 e.